The molecule has 0 saturated carbocycles. The number of carbonyl (C=O) groups excluding carboxylic acids is 1. The van der Waals surface area contributed by atoms with E-state index in [0.29, 0.717) is 0 Å². The van der Waals surface area contributed by atoms with Crippen LogP contribution in [0.25, 0.3) is 0 Å². The zero-order valence-electron chi connectivity index (χ0n) is 7.53. The maximum absolute atomic E-state index is 10.7. The topological polar surface area (TPSA) is 26.3 Å². The van der Waals surface area contributed by atoms with E-state index in [1.54, 1.807) is 11.3 Å². The summed E-state index contributed by atoms with van der Waals surface area (Å²) < 4.78 is 5.68. The van der Waals surface area contributed by atoms with Gasteiger partial charge >= 0.3 is 0 Å². The molecule has 1 aromatic rings. The standard InChI is InChI=1S/C10H12O2S/c1-10(7-11)5-4-8(12-10)9-3-2-6-13-9/h2-3,6-8H,4-5H2,1H3. The molecule has 1 saturated heterocycles. The Kier molecular flexibility index (Phi) is 2.22. The van der Waals surface area contributed by atoms with Gasteiger partial charge in [-0.15, -0.1) is 11.3 Å². The number of thiophene rings is 1. The summed E-state index contributed by atoms with van der Waals surface area (Å²) in [6, 6.07) is 4.08. The molecule has 0 bridgehead atoms. The Bertz CT molecular complexity index is 294. The van der Waals surface area contributed by atoms with Gasteiger partial charge in [-0.2, -0.15) is 0 Å². The van der Waals surface area contributed by atoms with E-state index in [4.69, 9.17) is 4.74 Å². The van der Waals surface area contributed by atoms with E-state index >= 15 is 0 Å². The normalized spacial score (nSPS) is 33.5. The monoisotopic (exact) mass is 196 g/mol. The fourth-order valence-corrected chi connectivity index (χ4v) is 2.41. The highest BCUT2D eigenvalue weighted by molar-refractivity contribution is 7.10. The number of hydrogen-bond acceptors (Lipinski definition) is 3. The predicted molar refractivity (Wildman–Crippen MR) is 51.8 cm³/mol. The van der Waals surface area contributed by atoms with Crippen LogP contribution in [-0.2, 0) is 9.53 Å². The third-order valence-corrected chi connectivity index (χ3v) is 3.39. The van der Waals surface area contributed by atoms with Crippen molar-refractivity contribution in [1.82, 2.24) is 0 Å². The average Bonchev–Trinajstić information content (AvgIpc) is 2.73. The number of hydrogen-bond donors (Lipinski definition) is 0. The lowest BCUT2D eigenvalue weighted by molar-refractivity contribution is -0.127. The van der Waals surface area contributed by atoms with Crippen molar-refractivity contribution in [3.63, 3.8) is 0 Å². The molecule has 0 radical (unpaired) electrons. The molecule has 13 heavy (non-hydrogen) atoms. The van der Waals surface area contributed by atoms with Crippen LogP contribution in [0.15, 0.2) is 17.5 Å². The zero-order chi connectivity index (χ0) is 9.31. The Hall–Kier alpha value is -0.670. The molecule has 0 spiro atoms. The van der Waals surface area contributed by atoms with Crippen molar-refractivity contribution in [2.45, 2.75) is 31.5 Å². The van der Waals surface area contributed by atoms with Crippen molar-refractivity contribution < 1.29 is 9.53 Å². The molecule has 2 rings (SSSR count). The highest BCUT2D eigenvalue weighted by atomic mass is 32.1. The van der Waals surface area contributed by atoms with Crippen molar-refractivity contribution in [1.29, 1.82) is 0 Å². The van der Waals surface area contributed by atoms with Gasteiger partial charge in [-0.1, -0.05) is 6.07 Å². The van der Waals surface area contributed by atoms with Crippen LogP contribution in [0.4, 0.5) is 0 Å². The van der Waals surface area contributed by atoms with Crippen molar-refractivity contribution in [3.8, 4) is 0 Å². The zero-order valence-corrected chi connectivity index (χ0v) is 8.34. The van der Waals surface area contributed by atoms with Gasteiger partial charge in [0.2, 0.25) is 0 Å². The minimum atomic E-state index is -0.547. The lowest BCUT2D eigenvalue weighted by atomic mass is 10.0. The molecule has 0 N–H and O–H groups in total. The molecule has 1 fully saturated rings. The van der Waals surface area contributed by atoms with Crippen LogP contribution in [0.5, 0.6) is 0 Å². The average molecular weight is 196 g/mol. The summed E-state index contributed by atoms with van der Waals surface area (Å²) in [5.41, 5.74) is -0.547. The molecule has 3 heteroatoms. The molecule has 0 aromatic carbocycles. The minimum absolute atomic E-state index is 0.134. The molecule has 1 aliphatic heterocycles. The van der Waals surface area contributed by atoms with Crippen molar-refractivity contribution in [3.05, 3.63) is 22.4 Å². The van der Waals surface area contributed by atoms with Crippen LogP contribution in [0.1, 0.15) is 30.7 Å². The molecular weight excluding hydrogens is 184 g/mol. The molecular formula is C10H12O2S. The second-order valence-electron chi connectivity index (χ2n) is 3.59. The van der Waals surface area contributed by atoms with E-state index in [1.807, 2.05) is 18.4 Å². The minimum Gasteiger partial charge on any atom is -0.359 e. The molecule has 2 unspecified atom stereocenters. The van der Waals surface area contributed by atoms with Gasteiger partial charge in [0.1, 0.15) is 5.60 Å². The van der Waals surface area contributed by atoms with Crippen LogP contribution in [0.3, 0.4) is 0 Å². The van der Waals surface area contributed by atoms with Crippen LogP contribution in [0.2, 0.25) is 0 Å². The van der Waals surface area contributed by atoms with E-state index in [9.17, 15) is 4.79 Å². The number of ether oxygens (including phenoxy) is 1. The van der Waals surface area contributed by atoms with Crippen LogP contribution in [0, 0.1) is 0 Å². The maximum atomic E-state index is 10.7. The fourth-order valence-electron chi connectivity index (χ4n) is 1.62. The Labute approximate surface area is 81.5 Å². The molecule has 70 valence electrons. The van der Waals surface area contributed by atoms with Gasteiger partial charge in [-0.25, -0.2) is 0 Å². The fraction of sp³-hybridized carbons (Fsp3) is 0.500. The van der Waals surface area contributed by atoms with Gasteiger partial charge in [-0.05, 0) is 31.2 Å². The molecule has 1 aromatic heterocycles. The van der Waals surface area contributed by atoms with Gasteiger partial charge in [0.15, 0.2) is 6.29 Å². The van der Waals surface area contributed by atoms with Gasteiger partial charge in [0.05, 0.1) is 6.10 Å². The second kappa shape index (κ2) is 3.24. The van der Waals surface area contributed by atoms with Gasteiger partial charge in [-0.3, -0.25) is 0 Å². The SMILES string of the molecule is CC1(C=O)CCC(c2cccs2)O1. The maximum Gasteiger partial charge on any atom is 0.151 e. The second-order valence-corrected chi connectivity index (χ2v) is 4.57. The molecule has 0 amide bonds. The van der Waals surface area contributed by atoms with Crippen molar-refractivity contribution in [2.24, 2.45) is 0 Å². The smallest absolute Gasteiger partial charge is 0.151 e. The van der Waals surface area contributed by atoms with E-state index in [2.05, 4.69) is 6.07 Å². The quantitative estimate of drug-likeness (QED) is 0.679. The number of carbonyl (C=O) groups is 1. The largest absolute Gasteiger partial charge is 0.359 e. The van der Waals surface area contributed by atoms with Crippen LogP contribution in [-0.4, -0.2) is 11.9 Å². The third kappa shape index (κ3) is 1.67. The molecule has 0 aliphatic carbocycles. The Morgan fingerprint density at radius 2 is 2.62 bits per heavy atom. The molecule has 1 aliphatic rings. The van der Waals surface area contributed by atoms with E-state index in [-0.39, 0.29) is 6.10 Å². The first kappa shape index (κ1) is 8.91. The van der Waals surface area contributed by atoms with E-state index in [1.165, 1.54) is 4.88 Å². The molecule has 2 nitrogen and oxygen atoms in total. The van der Waals surface area contributed by atoms with Gasteiger partial charge in [0, 0.05) is 4.88 Å². The summed E-state index contributed by atoms with van der Waals surface area (Å²) in [6.07, 6.45) is 2.84. The Balaban J connectivity index is 2.11. The number of aldehydes is 1. The highest BCUT2D eigenvalue weighted by Gasteiger charge is 2.36. The lowest BCUT2D eigenvalue weighted by Gasteiger charge is -2.16. The molecule has 2 heterocycles. The van der Waals surface area contributed by atoms with Crippen LogP contribution < -0.4 is 0 Å². The summed E-state index contributed by atoms with van der Waals surface area (Å²) in [4.78, 5) is 11.9. The van der Waals surface area contributed by atoms with E-state index < -0.39 is 5.60 Å². The predicted octanol–water partition coefficient (Wildman–Crippen LogP) is 2.56. The summed E-state index contributed by atoms with van der Waals surface area (Å²) in [5.74, 6) is 0. The number of rotatable bonds is 2. The first-order valence-corrected chi connectivity index (χ1v) is 5.29. The Morgan fingerprint density at radius 3 is 3.15 bits per heavy atom. The highest BCUT2D eigenvalue weighted by Crippen LogP contribution is 2.39. The van der Waals surface area contributed by atoms with Crippen LogP contribution >= 0.6 is 11.3 Å². The third-order valence-electron chi connectivity index (χ3n) is 2.42. The van der Waals surface area contributed by atoms with Crippen molar-refractivity contribution >= 4 is 17.6 Å². The summed E-state index contributed by atoms with van der Waals surface area (Å²) in [7, 11) is 0. The molecule has 2 atom stereocenters. The van der Waals surface area contributed by atoms with Gasteiger partial charge < -0.3 is 9.53 Å². The first-order chi connectivity index (χ1) is 6.23. The summed E-state index contributed by atoms with van der Waals surface area (Å²) >= 11 is 1.69. The van der Waals surface area contributed by atoms with Gasteiger partial charge in [0.25, 0.3) is 0 Å². The first-order valence-electron chi connectivity index (χ1n) is 4.41. The summed E-state index contributed by atoms with van der Waals surface area (Å²) in [5, 5.41) is 2.04. The Morgan fingerprint density at radius 1 is 1.77 bits per heavy atom. The van der Waals surface area contributed by atoms with E-state index in [0.717, 1.165) is 19.1 Å². The van der Waals surface area contributed by atoms with Crippen molar-refractivity contribution in [2.75, 3.05) is 0 Å². The lowest BCUT2D eigenvalue weighted by Crippen LogP contribution is -2.24. The summed E-state index contributed by atoms with van der Waals surface area (Å²) in [6.45, 7) is 1.85.